The van der Waals surface area contributed by atoms with Gasteiger partial charge in [0.2, 0.25) is 0 Å². The molecule has 0 saturated heterocycles. The predicted molar refractivity (Wildman–Crippen MR) is 95.0 cm³/mol. The van der Waals surface area contributed by atoms with Gasteiger partial charge in [-0.15, -0.1) is 0 Å². The largest absolute Gasteiger partial charge is 0.507 e. The molecule has 0 spiro atoms. The van der Waals surface area contributed by atoms with Gasteiger partial charge in [0, 0.05) is 23.5 Å². The van der Waals surface area contributed by atoms with E-state index in [-0.39, 0.29) is 41.1 Å². The second-order valence-corrected chi connectivity index (χ2v) is 6.93. The molecule has 1 aromatic rings. The summed E-state index contributed by atoms with van der Waals surface area (Å²) in [4.78, 5) is 25.1. The molecule has 0 saturated carbocycles. The zero-order valence-electron chi connectivity index (χ0n) is 15.5. The molecule has 0 radical (unpaired) electrons. The highest BCUT2D eigenvalue weighted by molar-refractivity contribution is 6.13. The molecule has 1 aromatic heterocycles. The molecular weight excluding hydrogens is 336 g/mol. The van der Waals surface area contributed by atoms with E-state index < -0.39 is 11.4 Å². The van der Waals surface area contributed by atoms with Gasteiger partial charge in [-0.1, -0.05) is 6.92 Å². The maximum Gasteiger partial charge on any atom is 0.343 e. The van der Waals surface area contributed by atoms with Gasteiger partial charge in [0.05, 0.1) is 17.4 Å². The third-order valence-electron chi connectivity index (χ3n) is 5.43. The van der Waals surface area contributed by atoms with Crippen molar-refractivity contribution < 1.29 is 24.2 Å². The van der Waals surface area contributed by atoms with Gasteiger partial charge in [0.1, 0.15) is 23.4 Å². The summed E-state index contributed by atoms with van der Waals surface area (Å²) in [6.45, 7) is 8.78. The van der Waals surface area contributed by atoms with Gasteiger partial charge in [0.25, 0.3) is 0 Å². The lowest BCUT2D eigenvalue weighted by molar-refractivity contribution is -0.112. The molecule has 1 aliphatic carbocycles. The van der Waals surface area contributed by atoms with Gasteiger partial charge in [-0.3, -0.25) is 4.79 Å². The third-order valence-corrected chi connectivity index (χ3v) is 5.43. The average Bonchev–Trinajstić information content (AvgIpc) is 2.59. The van der Waals surface area contributed by atoms with Crippen molar-refractivity contribution in [1.29, 1.82) is 0 Å². The Labute approximate surface area is 151 Å². The fraction of sp³-hybridized carbons (Fsp3) is 0.400. The van der Waals surface area contributed by atoms with Gasteiger partial charge >= 0.3 is 5.63 Å². The van der Waals surface area contributed by atoms with Crippen molar-refractivity contribution in [3.63, 3.8) is 0 Å². The smallest absolute Gasteiger partial charge is 0.343 e. The molecule has 6 nitrogen and oxygen atoms in total. The van der Waals surface area contributed by atoms with Crippen molar-refractivity contribution in [1.82, 2.24) is 0 Å². The topological polar surface area (TPSA) is 97.0 Å². The van der Waals surface area contributed by atoms with Crippen molar-refractivity contribution >= 4 is 5.78 Å². The van der Waals surface area contributed by atoms with Crippen LogP contribution in [0.3, 0.4) is 0 Å². The second-order valence-electron chi connectivity index (χ2n) is 6.93. The highest BCUT2D eigenvalue weighted by Gasteiger charge is 2.38. The number of aliphatic hydroxyl groups is 1. The first-order chi connectivity index (χ1) is 12.1. The Kier molecular flexibility index (Phi) is 4.30. The van der Waals surface area contributed by atoms with Gasteiger partial charge < -0.3 is 19.4 Å². The second kappa shape index (κ2) is 6.20. The summed E-state index contributed by atoms with van der Waals surface area (Å²) in [6.07, 6.45) is 1.09. The van der Waals surface area contributed by atoms with Gasteiger partial charge in [0.15, 0.2) is 5.78 Å². The van der Waals surface area contributed by atoms with Crippen molar-refractivity contribution in [2.24, 2.45) is 5.92 Å². The fourth-order valence-electron chi connectivity index (χ4n) is 3.44. The normalized spacial score (nSPS) is 23.0. The van der Waals surface area contributed by atoms with Crippen LogP contribution in [0.1, 0.15) is 37.7 Å². The molecule has 2 unspecified atom stereocenters. The molecular formula is C20H22O6. The Hall–Kier alpha value is -2.76. The molecule has 2 N–H and O–H groups in total. The molecule has 26 heavy (non-hydrogen) atoms. The Morgan fingerprint density at radius 1 is 1.12 bits per heavy atom. The predicted octanol–water partition coefficient (Wildman–Crippen LogP) is 3.15. The lowest BCUT2D eigenvalue weighted by Gasteiger charge is -2.33. The van der Waals surface area contributed by atoms with Crippen LogP contribution in [0.15, 0.2) is 43.5 Å². The summed E-state index contributed by atoms with van der Waals surface area (Å²) in [5.74, 6) is -0.508. The first-order valence-corrected chi connectivity index (χ1v) is 8.51. The number of ketones is 1. The molecule has 1 aliphatic heterocycles. The number of hydrogen-bond donors (Lipinski definition) is 2. The molecule has 0 aromatic carbocycles. The zero-order valence-corrected chi connectivity index (χ0v) is 15.5. The fourth-order valence-corrected chi connectivity index (χ4v) is 3.44. The molecule has 138 valence electrons. The minimum Gasteiger partial charge on any atom is -0.507 e. The lowest BCUT2D eigenvalue weighted by Crippen LogP contribution is -2.31. The highest BCUT2D eigenvalue weighted by atomic mass is 16.5. The summed E-state index contributed by atoms with van der Waals surface area (Å²) in [5, 5.41) is 20.9. The van der Waals surface area contributed by atoms with E-state index in [9.17, 15) is 19.8 Å². The van der Waals surface area contributed by atoms with Crippen LogP contribution in [0.2, 0.25) is 0 Å². The van der Waals surface area contributed by atoms with E-state index in [0.29, 0.717) is 22.5 Å². The number of carbonyl (C=O) groups is 1. The number of allylic oxidation sites excluding steroid dienone is 3. The van der Waals surface area contributed by atoms with E-state index in [0.717, 1.165) is 5.57 Å². The highest BCUT2D eigenvalue weighted by Crippen LogP contribution is 2.40. The summed E-state index contributed by atoms with van der Waals surface area (Å²) in [7, 11) is 0. The number of hydrogen-bond acceptors (Lipinski definition) is 6. The van der Waals surface area contributed by atoms with Gasteiger partial charge in [-0.05, 0) is 38.8 Å². The first kappa shape index (κ1) is 18.0. The van der Waals surface area contributed by atoms with Crippen LogP contribution in [0.25, 0.3) is 0 Å². The van der Waals surface area contributed by atoms with Gasteiger partial charge in [-0.25, -0.2) is 4.79 Å². The minimum absolute atomic E-state index is 0.0435. The molecule has 6 heteroatoms. The molecule has 2 heterocycles. The maximum atomic E-state index is 12.9. The minimum atomic E-state index is -0.720. The number of carbonyl (C=O) groups excluding carboxylic acids is 1. The monoisotopic (exact) mass is 358 g/mol. The van der Waals surface area contributed by atoms with E-state index in [1.165, 1.54) is 6.26 Å². The van der Waals surface area contributed by atoms with E-state index in [4.69, 9.17) is 9.15 Å². The molecule has 2 atom stereocenters. The molecule has 2 aliphatic rings. The van der Waals surface area contributed by atoms with Crippen LogP contribution in [0.5, 0.6) is 5.75 Å². The number of aryl methyl sites for hydroxylation is 1. The Morgan fingerprint density at radius 3 is 2.42 bits per heavy atom. The van der Waals surface area contributed by atoms with Crippen LogP contribution in [-0.4, -0.2) is 22.1 Å². The number of Topliss-reactive ketones (excluding diaryl/α,β-unsaturated/α-hetero) is 1. The van der Waals surface area contributed by atoms with Crippen molar-refractivity contribution in [2.45, 2.75) is 47.1 Å². The molecule has 0 amide bonds. The lowest BCUT2D eigenvalue weighted by atomic mass is 9.76. The van der Waals surface area contributed by atoms with Crippen LogP contribution in [0, 0.1) is 19.8 Å². The van der Waals surface area contributed by atoms with E-state index in [1.807, 2.05) is 13.8 Å². The zero-order chi connectivity index (χ0) is 19.3. The molecule has 3 rings (SSSR count). The van der Waals surface area contributed by atoms with Crippen LogP contribution >= 0.6 is 0 Å². The van der Waals surface area contributed by atoms with Crippen LogP contribution in [-0.2, 0) is 16.0 Å². The summed E-state index contributed by atoms with van der Waals surface area (Å²) in [6, 6.07) is 0. The van der Waals surface area contributed by atoms with Crippen molar-refractivity contribution in [3.8, 4) is 5.75 Å². The van der Waals surface area contributed by atoms with Crippen LogP contribution in [0.4, 0.5) is 0 Å². The quantitative estimate of drug-likeness (QED) is 0.843. The third kappa shape index (κ3) is 2.57. The van der Waals surface area contributed by atoms with Gasteiger partial charge in [-0.2, -0.15) is 0 Å². The number of rotatable bonds is 2. The molecule has 0 bridgehead atoms. The van der Waals surface area contributed by atoms with E-state index >= 15 is 0 Å². The number of aliphatic hydroxyl groups excluding tert-OH is 1. The number of ether oxygens (including phenoxy) is 1. The number of fused-ring (bicyclic) bond motifs is 1. The average molecular weight is 358 g/mol. The Bertz CT molecular complexity index is 957. The maximum absolute atomic E-state index is 12.9. The molecule has 0 fully saturated rings. The van der Waals surface area contributed by atoms with E-state index in [1.54, 1.807) is 20.8 Å². The first-order valence-electron chi connectivity index (χ1n) is 8.51. The summed E-state index contributed by atoms with van der Waals surface area (Å²) in [5.41, 5.74) is 1.44. The van der Waals surface area contributed by atoms with E-state index in [2.05, 4.69) is 0 Å². The summed E-state index contributed by atoms with van der Waals surface area (Å²) < 4.78 is 10.7. The number of aromatic hydroxyl groups is 1. The summed E-state index contributed by atoms with van der Waals surface area (Å²) >= 11 is 0. The van der Waals surface area contributed by atoms with Crippen molar-refractivity contribution in [2.75, 3.05) is 0 Å². The SMILES string of the molecule is CC1=C2C(=COC(C)C2C)C(=O)C(Cc2c(O)c(C)c(C)oc2=O)=C1O. The standard InChI is InChI=1S/C20H22O6/c1-8-11(4)25-7-15-16(8)10(3)18(22)13(19(15)23)6-14-17(21)9(2)12(5)26-20(14)24/h7-8,11,21-22H,6H2,1-5H3. The Morgan fingerprint density at radius 2 is 1.77 bits per heavy atom. The van der Waals surface area contributed by atoms with Crippen LogP contribution < -0.4 is 5.63 Å². The van der Waals surface area contributed by atoms with Crippen molar-refractivity contribution in [3.05, 3.63) is 61.6 Å². The Balaban J connectivity index is 2.15.